The maximum Gasteiger partial charge on any atom is 0.341 e. The van der Waals surface area contributed by atoms with Crippen LogP contribution in [0.1, 0.15) is 61.3 Å². The number of hydrogen-bond donors (Lipinski definition) is 0. The summed E-state index contributed by atoms with van der Waals surface area (Å²) in [5, 5.41) is 0. The fraction of sp³-hybridized carbons (Fsp3) is 0.297. The van der Waals surface area contributed by atoms with Gasteiger partial charge in [-0.2, -0.15) is 0 Å². The maximum absolute atomic E-state index is 13.2. The Hall–Kier alpha value is -4.42. The summed E-state index contributed by atoms with van der Waals surface area (Å²) >= 11 is 0. The first-order valence-corrected chi connectivity index (χ1v) is 14.6. The first-order chi connectivity index (χ1) is 20.7. The van der Waals surface area contributed by atoms with Gasteiger partial charge < -0.3 is 19.1 Å². The Morgan fingerprint density at radius 3 is 2.07 bits per heavy atom. The number of benzene rings is 4. The van der Waals surface area contributed by atoms with Gasteiger partial charge in [0.2, 0.25) is 0 Å². The molecule has 222 valence electrons. The molecule has 0 saturated heterocycles. The molecule has 0 spiro atoms. The van der Waals surface area contributed by atoms with Crippen molar-refractivity contribution in [2.75, 3.05) is 34.4 Å². The van der Waals surface area contributed by atoms with Crippen LogP contribution in [0.15, 0.2) is 72.8 Å². The van der Waals surface area contributed by atoms with Crippen molar-refractivity contribution >= 4 is 12.4 Å². The average molecular weight is 578 g/mol. The van der Waals surface area contributed by atoms with E-state index < -0.39 is 11.4 Å². The summed E-state index contributed by atoms with van der Waals surface area (Å²) in [7, 11) is 5.44. The van der Waals surface area contributed by atoms with E-state index in [1.54, 1.807) is 0 Å². The number of aryl methyl sites for hydroxylation is 3. The molecule has 5 rings (SSSR count). The van der Waals surface area contributed by atoms with Gasteiger partial charge in [-0.1, -0.05) is 71.8 Å². The molecule has 0 fully saturated rings. The quantitative estimate of drug-likeness (QED) is 0.0982. The summed E-state index contributed by atoms with van der Waals surface area (Å²) in [6, 6.07) is 25.4. The van der Waals surface area contributed by atoms with E-state index >= 15 is 0 Å². The van der Waals surface area contributed by atoms with E-state index in [4.69, 9.17) is 14.2 Å². The van der Waals surface area contributed by atoms with Gasteiger partial charge in [0, 0.05) is 6.54 Å². The predicted molar refractivity (Wildman–Crippen MR) is 169 cm³/mol. The van der Waals surface area contributed by atoms with E-state index in [-0.39, 0.29) is 6.61 Å². The van der Waals surface area contributed by atoms with Crippen LogP contribution in [0.5, 0.6) is 5.75 Å². The number of carbonyl (C=O) groups is 2. The van der Waals surface area contributed by atoms with Gasteiger partial charge in [0.1, 0.15) is 17.9 Å². The van der Waals surface area contributed by atoms with Gasteiger partial charge in [0.15, 0.2) is 0 Å². The van der Waals surface area contributed by atoms with Crippen LogP contribution in [-0.2, 0) is 26.3 Å². The van der Waals surface area contributed by atoms with Crippen molar-refractivity contribution in [2.24, 2.45) is 0 Å². The molecule has 4 aromatic rings. The van der Waals surface area contributed by atoms with Crippen molar-refractivity contribution in [3.8, 4) is 16.9 Å². The van der Waals surface area contributed by atoms with Crippen LogP contribution in [0.25, 0.3) is 11.1 Å². The van der Waals surface area contributed by atoms with Crippen molar-refractivity contribution in [3.63, 3.8) is 0 Å². The first kappa shape index (κ1) is 30.1. The fourth-order valence-corrected chi connectivity index (χ4v) is 6.25. The Morgan fingerprint density at radius 2 is 1.47 bits per heavy atom. The third kappa shape index (κ3) is 5.55. The largest absolute Gasteiger partial charge is 0.493 e. The highest BCUT2D eigenvalue weighted by molar-refractivity contribution is 5.94. The van der Waals surface area contributed by atoms with Crippen LogP contribution in [0.3, 0.4) is 0 Å². The molecule has 0 aromatic heterocycles. The smallest absolute Gasteiger partial charge is 0.341 e. The normalized spacial score (nSPS) is 12.9. The van der Waals surface area contributed by atoms with Gasteiger partial charge in [-0.15, -0.1) is 0 Å². The summed E-state index contributed by atoms with van der Waals surface area (Å²) in [5.74, 6) is 0.0518. The molecule has 6 nitrogen and oxygen atoms in total. The molecule has 4 aromatic carbocycles. The molecule has 6 heteroatoms. The summed E-state index contributed by atoms with van der Waals surface area (Å²) in [5.41, 5.74) is 10.4. The average Bonchev–Trinajstić information content (AvgIpc) is 3.27. The molecule has 1 aliphatic carbocycles. The zero-order valence-electron chi connectivity index (χ0n) is 25.8. The Bertz CT molecular complexity index is 1620. The number of ether oxygens (including phenoxy) is 3. The van der Waals surface area contributed by atoms with Crippen LogP contribution in [0.4, 0.5) is 0 Å². The lowest BCUT2D eigenvalue weighted by Gasteiger charge is -2.35. The van der Waals surface area contributed by atoms with E-state index in [0.717, 1.165) is 68.6 Å². The zero-order valence-corrected chi connectivity index (χ0v) is 25.8. The molecule has 0 N–H and O–H groups in total. The van der Waals surface area contributed by atoms with E-state index in [9.17, 15) is 9.59 Å². The molecule has 0 aliphatic heterocycles. The Morgan fingerprint density at radius 1 is 0.837 bits per heavy atom. The van der Waals surface area contributed by atoms with Gasteiger partial charge in [0.25, 0.3) is 6.47 Å². The van der Waals surface area contributed by atoms with E-state index in [2.05, 4.69) is 79.4 Å². The molecule has 0 heterocycles. The second-order valence-corrected chi connectivity index (χ2v) is 11.6. The van der Waals surface area contributed by atoms with Crippen LogP contribution in [0.2, 0.25) is 0 Å². The monoisotopic (exact) mass is 577 g/mol. The van der Waals surface area contributed by atoms with E-state index in [1.165, 1.54) is 7.11 Å². The minimum absolute atomic E-state index is 0.174. The summed E-state index contributed by atoms with van der Waals surface area (Å²) in [6.45, 7) is 8.23. The van der Waals surface area contributed by atoms with E-state index in [0.29, 0.717) is 24.4 Å². The predicted octanol–water partition coefficient (Wildman–Crippen LogP) is 6.77. The Kier molecular flexibility index (Phi) is 8.69. The number of esters is 1. The summed E-state index contributed by atoms with van der Waals surface area (Å²) < 4.78 is 16.6. The first-order valence-electron chi connectivity index (χ1n) is 14.6. The lowest BCUT2D eigenvalue weighted by molar-refractivity contribution is -0.129. The molecular formula is C37H39NO5. The van der Waals surface area contributed by atoms with Crippen molar-refractivity contribution in [1.29, 1.82) is 0 Å². The molecule has 0 amide bonds. The van der Waals surface area contributed by atoms with Crippen molar-refractivity contribution < 1.29 is 23.8 Å². The number of fused-ring (bicyclic) bond motifs is 3. The van der Waals surface area contributed by atoms with Crippen LogP contribution < -0.4 is 4.74 Å². The van der Waals surface area contributed by atoms with Gasteiger partial charge >= 0.3 is 5.97 Å². The van der Waals surface area contributed by atoms with Crippen molar-refractivity contribution in [3.05, 3.63) is 123 Å². The minimum Gasteiger partial charge on any atom is -0.493 e. The third-order valence-corrected chi connectivity index (χ3v) is 8.36. The number of carbonyl (C=O) groups excluding carboxylic acids is 2. The lowest BCUT2D eigenvalue weighted by Crippen LogP contribution is -2.29. The number of rotatable bonds is 11. The fourth-order valence-electron chi connectivity index (χ4n) is 6.25. The standard InChI is InChI=1S/C37H39NO5/c1-24-8-13-30-31-14-9-25(2)19-34(31)37(33(30)18-24,28-11-10-26(3)27(20-28)22-42-23-39)29-12-15-35(32(21-29)36(40)41-6)43-17-7-16-38(4)5/h8-15,18-21,23H,7,16-17,22H2,1-6H3. The van der Waals surface area contributed by atoms with Gasteiger partial charge in [-0.05, 0) is 97.9 Å². The van der Waals surface area contributed by atoms with Crippen LogP contribution >= 0.6 is 0 Å². The van der Waals surface area contributed by atoms with Gasteiger partial charge in [-0.3, -0.25) is 4.79 Å². The van der Waals surface area contributed by atoms with E-state index in [1.807, 2.05) is 33.2 Å². The highest BCUT2D eigenvalue weighted by Crippen LogP contribution is 2.57. The second-order valence-electron chi connectivity index (χ2n) is 11.6. The lowest BCUT2D eigenvalue weighted by atomic mass is 9.66. The molecule has 0 atom stereocenters. The van der Waals surface area contributed by atoms with Crippen molar-refractivity contribution in [1.82, 2.24) is 4.90 Å². The maximum atomic E-state index is 13.2. The van der Waals surface area contributed by atoms with Crippen LogP contribution in [-0.4, -0.2) is 51.7 Å². The molecule has 0 radical (unpaired) electrons. The molecular weight excluding hydrogens is 538 g/mol. The molecule has 43 heavy (non-hydrogen) atoms. The second kappa shape index (κ2) is 12.4. The molecule has 0 unspecified atom stereocenters. The highest BCUT2D eigenvalue weighted by atomic mass is 16.5. The minimum atomic E-state index is -0.751. The molecule has 1 aliphatic rings. The zero-order chi connectivity index (χ0) is 30.7. The topological polar surface area (TPSA) is 65.1 Å². The van der Waals surface area contributed by atoms with Gasteiger partial charge in [0.05, 0.1) is 19.1 Å². The SMILES string of the molecule is COC(=O)c1cc(C2(c3ccc(C)c(COC=O)c3)c3cc(C)ccc3-c3ccc(C)cc32)ccc1OCCCN(C)C. The Labute approximate surface area is 254 Å². The number of nitrogens with zero attached hydrogens (tertiary/aromatic N) is 1. The van der Waals surface area contributed by atoms with Gasteiger partial charge in [-0.25, -0.2) is 4.79 Å². The Balaban J connectivity index is 1.80. The summed E-state index contributed by atoms with van der Waals surface area (Å²) in [6.07, 6.45) is 0.827. The summed E-state index contributed by atoms with van der Waals surface area (Å²) in [4.78, 5) is 26.5. The molecule has 0 bridgehead atoms. The molecule has 0 saturated carbocycles. The third-order valence-electron chi connectivity index (χ3n) is 8.36. The van der Waals surface area contributed by atoms with Crippen LogP contribution in [0, 0.1) is 20.8 Å². The number of methoxy groups -OCH3 is 1. The van der Waals surface area contributed by atoms with Crippen molar-refractivity contribution in [2.45, 2.75) is 39.2 Å². The highest BCUT2D eigenvalue weighted by Gasteiger charge is 2.47. The number of hydrogen-bond acceptors (Lipinski definition) is 6.